The largest absolute Gasteiger partial charge is 0.497 e. The number of nitrogens with one attached hydrogen (secondary N) is 1. The Bertz CT molecular complexity index is 1110. The Kier molecular flexibility index (Phi) is 7.33. The summed E-state index contributed by atoms with van der Waals surface area (Å²) in [4.78, 5) is 16.6. The number of benzene rings is 2. The third-order valence-corrected chi connectivity index (χ3v) is 7.25. The summed E-state index contributed by atoms with van der Waals surface area (Å²) >= 11 is 1.62. The minimum absolute atomic E-state index is 0.0919. The number of carbonyl (C=O) groups excluding carboxylic acids is 1. The van der Waals surface area contributed by atoms with Crippen LogP contribution in [0.5, 0.6) is 11.5 Å². The molecule has 2 heterocycles. The summed E-state index contributed by atoms with van der Waals surface area (Å²) in [6, 6.07) is 15.2. The number of rotatable bonds is 7. The average molecular weight is 467 g/mol. The number of anilines is 1. The Balaban J connectivity index is 1.82. The molecule has 0 bridgehead atoms. The van der Waals surface area contributed by atoms with Gasteiger partial charge in [-0.25, -0.2) is 0 Å². The van der Waals surface area contributed by atoms with Crippen molar-refractivity contribution in [1.29, 1.82) is 0 Å². The molecule has 0 saturated carbocycles. The molecule has 0 radical (unpaired) electrons. The van der Waals surface area contributed by atoms with Gasteiger partial charge in [-0.2, -0.15) is 0 Å². The predicted octanol–water partition coefficient (Wildman–Crippen LogP) is 5.06. The second-order valence-corrected chi connectivity index (χ2v) is 9.23. The first-order valence-electron chi connectivity index (χ1n) is 11.0. The van der Waals surface area contributed by atoms with Gasteiger partial charge in [-0.1, -0.05) is 18.2 Å². The quantitative estimate of drug-likeness (QED) is 0.528. The molecule has 1 saturated heterocycles. The predicted molar refractivity (Wildman–Crippen MR) is 132 cm³/mol. The molecule has 7 heteroatoms. The number of morpholine rings is 1. The van der Waals surface area contributed by atoms with E-state index in [2.05, 4.69) is 30.1 Å². The molecular weight excluding hydrogens is 436 g/mol. The lowest BCUT2D eigenvalue weighted by atomic mass is 9.93. The van der Waals surface area contributed by atoms with Crippen LogP contribution in [0.3, 0.4) is 0 Å². The third kappa shape index (κ3) is 4.90. The summed E-state index contributed by atoms with van der Waals surface area (Å²) in [6.07, 6.45) is 0. The summed E-state index contributed by atoms with van der Waals surface area (Å²) in [5.74, 6) is 1.39. The molecule has 3 aromatic rings. The van der Waals surface area contributed by atoms with Gasteiger partial charge in [-0.3, -0.25) is 9.69 Å². The maximum atomic E-state index is 13.0. The average Bonchev–Trinajstić information content (AvgIpc) is 3.13. The van der Waals surface area contributed by atoms with Gasteiger partial charge in [0.05, 0.1) is 33.5 Å². The van der Waals surface area contributed by atoms with Crippen molar-refractivity contribution in [3.05, 3.63) is 75.7 Å². The van der Waals surface area contributed by atoms with E-state index >= 15 is 0 Å². The molecule has 0 aliphatic carbocycles. The fourth-order valence-corrected chi connectivity index (χ4v) is 5.33. The topological polar surface area (TPSA) is 60.0 Å². The second-order valence-electron chi connectivity index (χ2n) is 8.00. The van der Waals surface area contributed by atoms with Gasteiger partial charge in [0.1, 0.15) is 16.5 Å². The number of thiophene rings is 1. The van der Waals surface area contributed by atoms with Crippen molar-refractivity contribution < 1.29 is 19.0 Å². The van der Waals surface area contributed by atoms with Gasteiger partial charge in [0, 0.05) is 40.7 Å². The number of hydrogen-bond donors (Lipinski definition) is 1. The first-order chi connectivity index (χ1) is 16.0. The third-order valence-electron chi connectivity index (χ3n) is 6.11. The summed E-state index contributed by atoms with van der Waals surface area (Å²) in [5.41, 5.74) is 3.96. The lowest BCUT2D eigenvalue weighted by molar-refractivity contribution is 0.0236. The molecule has 1 N–H and O–H groups in total. The number of hydrogen-bond acceptors (Lipinski definition) is 6. The molecule has 2 aromatic carbocycles. The number of amides is 1. The van der Waals surface area contributed by atoms with E-state index in [1.54, 1.807) is 25.6 Å². The van der Waals surface area contributed by atoms with Crippen molar-refractivity contribution in [2.75, 3.05) is 45.8 Å². The van der Waals surface area contributed by atoms with Gasteiger partial charge >= 0.3 is 0 Å². The fourth-order valence-electron chi connectivity index (χ4n) is 4.25. The molecule has 6 nitrogen and oxygen atoms in total. The van der Waals surface area contributed by atoms with Crippen LogP contribution in [0.2, 0.25) is 0 Å². The van der Waals surface area contributed by atoms with Gasteiger partial charge < -0.3 is 19.5 Å². The summed E-state index contributed by atoms with van der Waals surface area (Å²) in [7, 11) is 3.33. The van der Waals surface area contributed by atoms with Crippen LogP contribution in [-0.4, -0.2) is 51.3 Å². The summed E-state index contributed by atoms with van der Waals surface area (Å²) in [5, 5.41) is 4.06. The van der Waals surface area contributed by atoms with Crippen LogP contribution in [0.4, 0.5) is 5.00 Å². The minimum atomic E-state index is -0.111. The van der Waals surface area contributed by atoms with Crippen LogP contribution in [-0.2, 0) is 4.74 Å². The van der Waals surface area contributed by atoms with Gasteiger partial charge in [-0.05, 0) is 43.7 Å². The Morgan fingerprint density at radius 2 is 1.79 bits per heavy atom. The lowest BCUT2D eigenvalue weighted by Gasteiger charge is -2.36. The maximum Gasteiger partial charge on any atom is 0.256 e. The van der Waals surface area contributed by atoms with Crippen molar-refractivity contribution in [2.24, 2.45) is 0 Å². The molecule has 1 aromatic heterocycles. The van der Waals surface area contributed by atoms with Gasteiger partial charge in [-0.15, -0.1) is 11.3 Å². The number of methoxy groups -OCH3 is 2. The van der Waals surface area contributed by atoms with Gasteiger partial charge in [0.15, 0.2) is 0 Å². The highest BCUT2D eigenvalue weighted by Crippen LogP contribution is 2.45. The highest BCUT2D eigenvalue weighted by molar-refractivity contribution is 7.16. The van der Waals surface area contributed by atoms with E-state index in [4.69, 9.17) is 14.2 Å². The zero-order valence-electron chi connectivity index (χ0n) is 19.5. The molecular formula is C26H30N2O4S. The second kappa shape index (κ2) is 10.4. The van der Waals surface area contributed by atoms with Crippen LogP contribution in [0.1, 0.15) is 38.0 Å². The van der Waals surface area contributed by atoms with Crippen LogP contribution in [0, 0.1) is 13.8 Å². The molecule has 0 spiro atoms. The van der Waals surface area contributed by atoms with Gasteiger partial charge in [0.2, 0.25) is 0 Å². The first-order valence-corrected chi connectivity index (χ1v) is 11.8. The van der Waals surface area contributed by atoms with Crippen molar-refractivity contribution >= 4 is 22.2 Å². The highest BCUT2D eigenvalue weighted by Gasteiger charge is 2.32. The first kappa shape index (κ1) is 23.3. The zero-order valence-corrected chi connectivity index (χ0v) is 20.3. The molecule has 1 amide bonds. The highest BCUT2D eigenvalue weighted by atomic mass is 32.1. The monoisotopic (exact) mass is 466 g/mol. The van der Waals surface area contributed by atoms with E-state index in [0.717, 1.165) is 40.7 Å². The maximum absolute atomic E-state index is 13.0. The minimum Gasteiger partial charge on any atom is -0.497 e. The Morgan fingerprint density at radius 3 is 2.45 bits per heavy atom. The molecule has 1 aliphatic heterocycles. The van der Waals surface area contributed by atoms with E-state index in [-0.39, 0.29) is 11.9 Å². The number of aryl methyl sites for hydroxylation is 1. The Morgan fingerprint density at radius 1 is 1.06 bits per heavy atom. The molecule has 1 unspecified atom stereocenters. The zero-order chi connectivity index (χ0) is 23.4. The van der Waals surface area contributed by atoms with Crippen LogP contribution in [0.25, 0.3) is 0 Å². The van der Waals surface area contributed by atoms with E-state index in [1.165, 1.54) is 10.4 Å². The van der Waals surface area contributed by atoms with Crippen molar-refractivity contribution in [2.45, 2.75) is 19.9 Å². The number of ether oxygens (including phenoxy) is 3. The SMILES string of the molecule is COc1ccc(C(c2c(NC(=O)c3ccccc3)sc(C)c2C)N2CCOCC2)c(OC)c1. The number of carbonyl (C=O) groups is 1. The smallest absolute Gasteiger partial charge is 0.256 e. The summed E-state index contributed by atoms with van der Waals surface area (Å²) < 4.78 is 16.9. The molecule has 1 fully saturated rings. The van der Waals surface area contributed by atoms with Gasteiger partial charge in [0.25, 0.3) is 5.91 Å². The molecule has 1 aliphatic rings. The van der Waals surface area contributed by atoms with E-state index in [0.29, 0.717) is 18.8 Å². The number of nitrogens with zero attached hydrogens (tertiary/aromatic N) is 1. The molecule has 174 valence electrons. The Labute approximate surface area is 199 Å². The van der Waals surface area contributed by atoms with E-state index in [1.807, 2.05) is 42.5 Å². The standard InChI is InChI=1S/C26H30N2O4S/c1-17-18(2)33-26(27-25(29)19-8-6-5-7-9-19)23(17)24(28-12-14-32-15-13-28)21-11-10-20(30-3)16-22(21)31-4/h5-11,16,24H,12-15H2,1-4H3,(H,27,29). The van der Waals surface area contributed by atoms with Crippen LogP contribution >= 0.6 is 11.3 Å². The molecule has 4 rings (SSSR count). The van der Waals surface area contributed by atoms with Crippen LogP contribution < -0.4 is 14.8 Å². The van der Waals surface area contributed by atoms with E-state index < -0.39 is 0 Å². The van der Waals surface area contributed by atoms with Crippen LogP contribution in [0.15, 0.2) is 48.5 Å². The van der Waals surface area contributed by atoms with E-state index in [9.17, 15) is 4.79 Å². The van der Waals surface area contributed by atoms with Crippen molar-refractivity contribution in [3.8, 4) is 11.5 Å². The summed E-state index contributed by atoms with van der Waals surface area (Å²) in [6.45, 7) is 7.15. The normalized spacial score (nSPS) is 15.2. The Hall–Kier alpha value is -2.87. The van der Waals surface area contributed by atoms with Crippen molar-refractivity contribution in [1.82, 2.24) is 4.90 Å². The fraction of sp³-hybridized carbons (Fsp3) is 0.346. The molecule has 33 heavy (non-hydrogen) atoms. The molecule has 1 atom stereocenters. The van der Waals surface area contributed by atoms with Crippen molar-refractivity contribution in [3.63, 3.8) is 0 Å². The lowest BCUT2D eigenvalue weighted by Crippen LogP contribution is -2.40.